The molecule has 1 saturated heterocycles. The van der Waals surface area contributed by atoms with E-state index in [1.54, 1.807) is 23.2 Å². The summed E-state index contributed by atoms with van der Waals surface area (Å²) < 4.78 is 3.71. The lowest BCUT2D eigenvalue weighted by atomic mass is 9.82. The van der Waals surface area contributed by atoms with Crippen LogP contribution in [0.5, 0.6) is 0 Å². The second-order valence-corrected chi connectivity index (χ2v) is 9.41. The lowest BCUT2D eigenvalue weighted by Crippen LogP contribution is -2.36. The van der Waals surface area contributed by atoms with Crippen LogP contribution in [0.15, 0.2) is 54.0 Å². The number of hydrogen-bond acceptors (Lipinski definition) is 4. The van der Waals surface area contributed by atoms with Crippen molar-refractivity contribution in [1.29, 1.82) is 0 Å². The van der Waals surface area contributed by atoms with Crippen molar-refractivity contribution in [2.75, 3.05) is 13.1 Å². The first-order valence-corrected chi connectivity index (χ1v) is 10.8. The van der Waals surface area contributed by atoms with E-state index in [2.05, 4.69) is 46.5 Å². The van der Waals surface area contributed by atoms with Gasteiger partial charge in [-0.1, -0.05) is 25.4 Å². The van der Waals surface area contributed by atoms with Crippen molar-refractivity contribution in [2.45, 2.75) is 39.8 Å². The number of nitrogens with zero attached hydrogens (tertiary/aromatic N) is 5. The van der Waals surface area contributed by atoms with E-state index in [1.807, 2.05) is 12.3 Å². The predicted octanol–water partition coefficient (Wildman–Crippen LogP) is 2.51. The van der Waals surface area contributed by atoms with Gasteiger partial charge >= 0.3 is 0 Å². The molecule has 1 aliphatic heterocycles. The van der Waals surface area contributed by atoms with Crippen molar-refractivity contribution in [3.05, 3.63) is 70.8 Å². The minimum Gasteiger partial charge on any atom is -0.309 e. The highest BCUT2D eigenvalue weighted by Crippen LogP contribution is 2.30. The van der Waals surface area contributed by atoms with Gasteiger partial charge in [0.15, 0.2) is 0 Å². The number of imidazole rings is 1. The Morgan fingerprint density at radius 1 is 1.03 bits per heavy atom. The number of rotatable bonds is 4. The van der Waals surface area contributed by atoms with Crippen molar-refractivity contribution in [3.8, 4) is 0 Å². The van der Waals surface area contributed by atoms with Gasteiger partial charge in [-0.15, -0.1) is 0 Å². The van der Waals surface area contributed by atoms with E-state index in [9.17, 15) is 4.79 Å². The van der Waals surface area contributed by atoms with Crippen LogP contribution in [-0.4, -0.2) is 44.8 Å². The average Bonchev–Trinajstić information content (AvgIpc) is 3.14. The molecular formula is C24H26BN5O. The molecule has 0 amide bonds. The number of likely N-dealkylation sites (tertiary alicyclic amines) is 1. The highest BCUT2D eigenvalue weighted by atomic mass is 16.1. The normalized spacial score (nSPS) is 16.8. The number of hydrogen-bond donors (Lipinski definition) is 0. The van der Waals surface area contributed by atoms with E-state index in [1.165, 1.54) is 18.4 Å². The largest absolute Gasteiger partial charge is 0.309 e. The second kappa shape index (κ2) is 7.64. The summed E-state index contributed by atoms with van der Waals surface area (Å²) in [6.45, 7) is 8.36. The quantitative estimate of drug-likeness (QED) is 0.485. The van der Waals surface area contributed by atoms with Crippen LogP contribution in [-0.2, 0) is 13.1 Å². The molecule has 7 heteroatoms. The topological polar surface area (TPSA) is 55.4 Å². The third-order valence-corrected chi connectivity index (χ3v) is 6.44. The van der Waals surface area contributed by atoms with E-state index >= 15 is 0 Å². The number of pyridine rings is 3. The summed E-state index contributed by atoms with van der Waals surface area (Å²) in [6, 6.07) is 6.07. The third-order valence-electron chi connectivity index (χ3n) is 6.44. The van der Waals surface area contributed by atoms with Crippen molar-refractivity contribution in [2.24, 2.45) is 5.41 Å². The van der Waals surface area contributed by atoms with Crippen molar-refractivity contribution >= 4 is 29.7 Å². The summed E-state index contributed by atoms with van der Waals surface area (Å²) in [5, 5.41) is 1.26. The van der Waals surface area contributed by atoms with Crippen LogP contribution in [0, 0.1) is 5.41 Å². The van der Waals surface area contributed by atoms with Crippen LogP contribution >= 0.6 is 0 Å². The fraction of sp³-hybridized carbons (Fsp3) is 0.375. The van der Waals surface area contributed by atoms with Crippen molar-refractivity contribution in [3.63, 3.8) is 0 Å². The van der Waals surface area contributed by atoms with E-state index in [0.29, 0.717) is 22.8 Å². The van der Waals surface area contributed by atoms with Gasteiger partial charge in [0.2, 0.25) is 0 Å². The molecule has 5 heterocycles. The van der Waals surface area contributed by atoms with Gasteiger partial charge < -0.3 is 8.97 Å². The molecule has 0 aliphatic carbocycles. The molecule has 5 rings (SSSR count). The maximum absolute atomic E-state index is 12.8. The summed E-state index contributed by atoms with van der Waals surface area (Å²) in [4.78, 5) is 24.1. The zero-order valence-corrected chi connectivity index (χ0v) is 18.1. The monoisotopic (exact) mass is 411 g/mol. The van der Waals surface area contributed by atoms with E-state index < -0.39 is 0 Å². The Morgan fingerprint density at radius 2 is 1.84 bits per heavy atom. The molecule has 1 aliphatic rings. The van der Waals surface area contributed by atoms with Crippen LogP contribution in [0.2, 0.25) is 0 Å². The van der Waals surface area contributed by atoms with Gasteiger partial charge in [0.05, 0.1) is 17.6 Å². The van der Waals surface area contributed by atoms with Gasteiger partial charge in [-0.2, -0.15) is 0 Å². The van der Waals surface area contributed by atoms with Crippen molar-refractivity contribution < 1.29 is 0 Å². The lowest BCUT2D eigenvalue weighted by molar-refractivity contribution is 0.127. The predicted molar refractivity (Wildman–Crippen MR) is 124 cm³/mol. The summed E-state index contributed by atoms with van der Waals surface area (Å²) >= 11 is 0. The molecule has 6 nitrogen and oxygen atoms in total. The Morgan fingerprint density at radius 3 is 2.65 bits per heavy atom. The Kier molecular flexibility index (Phi) is 4.93. The molecule has 1 fully saturated rings. The van der Waals surface area contributed by atoms with Gasteiger partial charge in [-0.25, -0.2) is 4.98 Å². The van der Waals surface area contributed by atoms with E-state index in [-0.39, 0.29) is 5.56 Å². The average molecular weight is 411 g/mol. The molecule has 0 unspecified atom stereocenters. The van der Waals surface area contributed by atoms with E-state index in [0.717, 1.165) is 36.4 Å². The first kappa shape index (κ1) is 20.0. The Labute approximate surface area is 183 Å². The third kappa shape index (κ3) is 4.02. The molecule has 0 saturated carbocycles. The van der Waals surface area contributed by atoms with Crippen LogP contribution in [0.3, 0.4) is 0 Å². The molecule has 31 heavy (non-hydrogen) atoms. The van der Waals surface area contributed by atoms with E-state index in [4.69, 9.17) is 12.8 Å². The Hall–Kier alpha value is -2.93. The molecule has 2 radical (unpaired) electrons. The maximum Gasteiger partial charge on any atom is 0.260 e. The van der Waals surface area contributed by atoms with Crippen LogP contribution in [0.4, 0.5) is 0 Å². The SMILES string of the molecule is [B]c1cncc2c(=O)n(Cc3cn4cc(CN5CCC(C)(C)CC5)ccc4n3)ccc12. The van der Waals surface area contributed by atoms with Crippen LogP contribution < -0.4 is 11.0 Å². The zero-order chi connectivity index (χ0) is 21.6. The van der Waals surface area contributed by atoms with Gasteiger partial charge in [0.25, 0.3) is 5.56 Å². The molecule has 4 aromatic heterocycles. The number of aromatic nitrogens is 4. The van der Waals surface area contributed by atoms with Crippen molar-refractivity contribution in [1.82, 2.24) is 23.8 Å². The molecule has 0 aromatic carbocycles. The van der Waals surface area contributed by atoms with Crippen LogP contribution in [0.25, 0.3) is 16.4 Å². The molecular weight excluding hydrogens is 385 g/mol. The van der Waals surface area contributed by atoms with Gasteiger partial charge in [-0.05, 0) is 54.4 Å². The van der Waals surface area contributed by atoms with Crippen LogP contribution in [0.1, 0.15) is 37.9 Å². The first-order valence-electron chi connectivity index (χ1n) is 10.8. The smallest absolute Gasteiger partial charge is 0.260 e. The minimum atomic E-state index is -0.108. The summed E-state index contributed by atoms with van der Waals surface area (Å²) in [5.74, 6) is 0. The fourth-order valence-electron chi connectivity index (χ4n) is 4.36. The second-order valence-electron chi connectivity index (χ2n) is 9.41. The zero-order valence-electron chi connectivity index (χ0n) is 18.1. The molecule has 0 spiro atoms. The summed E-state index contributed by atoms with van der Waals surface area (Å²) in [6.07, 6.45) is 11.6. The molecule has 0 atom stereocenters. The molecule has 0 bridgehead atoms. The maximum atomic E-state index is 12.8. The lowest BCUT2D eigenvalue weighted by Gasteiger charge is -2.36. The number of fused-ring (bicyclic) bond motifs is 2. The summed E-state index contributed by atoms with van der Waals surface area (Å²) in [7, 11) is 5.94. The Bertz CT molecular complexity index is 1310. The van der Waals surface area contributed by atoms with Gasteiger partial charge in [0.1, 0.15) is 13.5 Å². The highest BCUT2D eigenvalue weighted by Gasteiger charge is 2.25. The first-order chi connectivity index (χ1) is 14.9. The summed E-state index contributed by atoms with van der Waals surface area (Å²) in [5.41, 5.74) is 3.87. The Balaban J connectivity index is 1.36. The standard InChI is InChI=1S/C24H26BN5O/c1-24(2)6-9-28(10-7-24)13-17-3-4-22-27-18(16-30(22)14-17)15-29-8-5-19-20(23(29)31)11-26-12-21(19)25/h3-5,8,11-12,14,16H,6-7,9-10,13,15H2,1-2H3. The van der Waals surface area contributed by atoms with Gasteiger partial charge in [0, 0.05) is 37.5 Å². The molecule has 4 aromatic rings. The highest BCUT2D eigenvalue weighted by molar-refractivity contribution is 6.38. The number of piperidine rings is 1. The fourth-order valence-corrected chi connectivity index (χ4v) is 4.36. The molecule has 0 N–H and O–H groups in total. The molecule has 156 valence electrons. The van der Waals surface area contributed by atoms with Gasteiger partial charge in [-0.3, -0.25) is 14.7 Å². The minimum absolute atomic E-state index is 0.108.